The Hall–Kier alpha value is -4.43. The minimum Gasteiger partial charge on any atom is -0.388 e. The third kappa shape index (κ3) is 7.82. The van der Waals surface area contributed by atoms with E-state index in [0.29, 0.717) is 24.1 Å². The average molecular weight is 488 g/mol. The van der Waals surface area contributed by atoms with Gasteiger partial charge in [-0.1, -0.05) is 11.8 Å². The number of nitrogens with one attached hydrogen (secondary N) is 2. The summed E-state index contributed by atoms with van der Waals surface area (Å²) in [4.78, 5) is 44.2. The molecule has 1 aromatic heterocycles. The molecular weight excluding hydrogens is 462 g/mol. The zero-order chi connectivity index (χ0) is 25.9. The molecular formula is C26H25N5O5. The number of aliphatic hydroxyl groups is 2. The number of nitrogens with zero attached hydrogens (tertiary/aromatic N) is 2. The maximum atomic E-state index is 12.3. The Morgan fingerprint density at radius 2 is 1.61 bits per heavy atom. The number of benzene rings is 2. The van der Waals surface area contributed by atoms with E-state index in [1.807, 2.05) is 0 Å². The topological polar surface area (TPSA) is 168 Å². The fourth-order valence-corrected chi connectivity index (χ4v) is 3.09. The van der Waals surface area contributed by atoms with Crippen molar-refractivity contribution in [1.82, 2.24) is 15.3 Å². The van der Waals surface area contributed by atoms with Crippen molar-refractivity contribution >= 4 is 23.3 Å². The first-order valence-corrected chi connectivity index (χ1v) is 11.0. The first kappa shape index (κ1) is 26.2. The molecule has 1 heterocycles. The maximum Gasteiger partial charge on any atom is 0.251 e. The summed E-state index contributed by atoms with van der Waals surface area (Å²) in [6, 6.07) is 12.0. The quantitative estimate of drug-likeness (QED) is 0.213. The van der Waals surface area contributed by atoms with E-state index in [9.17, 15) is 19.5 Å². The van der Waals surface area contributed by atoms with Crippen LogP contribution in [0.4, 0.5) is 5.69 Å². The van der Waals surface area contributed by atoms with Crippen molar-refractivity contribution < 1.29 is 24.6 Å². The number of anilines is 1. The number of rotatable bonds is 9. The molecule has 0 fully saturated rings. The van der Waals surface area contributed by atoms with Crippen LogP contribution < -0.4 is 16.4 Å². The largest absolute Gasteiger partial charge is 0.388 e. The lowest BCUT2D eigenvalue weighted by Crippen LogP contribution is -2.53. The van der Waals surface area contributed by atoms with E-state index < -0.39 is 30.6 Å². The van der Waals surface area contributed by atoms with Crippen LogP contribution in [0, 0.1) is 11.8 Å². The van der Waals surface area contributed by atoms with Crippen LogP contribution in [0.5, 0.6) is 0 Å². The second-order valence-corrected chi connectivity index (χ2v) is 7.72. The number of aryl methyl sites for hydroxylation is 1. The number of amides is 2. The smallest absolute Gasteiger partial charge is 0.251 e. The molecule has 0 radical (unpaired) electrons. The van der Waals surface area contributed by atoms with Crippen LogP contribution in [-0.2, 0) is 16.0 Å². The zero-order valence-corrected chi connectivity index (χ0v) is 19.2. The van der Waals surface area contributed by atoms with Gasteiger partial charge in [-0.05, 0) is 55.0 Å². The fourth-order valence-electron chi connectivity index (χ4n) is 3.09. The Kier molecular flexibility index (Phi) is 9.36. The summed E-state index contributed by atoms with van der Waals surface area (Å²) in [5, 5.41) is 23.5. The van der Waals surface area contributed by atoms with Gasteiger partial charge in [0.05, 0.1) is 5.69 Å². The highest BCUT2D eigenvalue weighted by Gasteiger charge is 2.25. The predicted octanol–water partition coefficient (Wildman–Crippen LogP) is 0.385. The number of carbonyl (C=O) groups excluding carboxylic acids is 3. The summed E-state index contributed by atoms with van der Waals surface area (Å²) in [6.07, 6.45) is 3.96. The van der Waals surface area contributed by atoms with Gasteiger partial charge in [0.2, 0.25) is 5.91 Å². The number of ketones is 1. The lowest BCUT2D eigenvalue weighted by molar-refractivity contribution is -0.126. The monoisotopic (exact) mass is 487 g/mol. The highest BCUT2D eigenvalue weighted by Crippen LogP contribution is 2.11. The first-order valence-electron chi connectivity index (χ1n) is 11.0. The van der Waals surface area contributed by atoms with Gasteiger partial charge in [-0.25, -0.2) is 0 Å². The van der Waals surface area contributed by atoms with Crippen molar-refractivity contribution in [3.8, 4) is 11.8 Å². The van der Waals surface area contributed by atoms with Crippen molar-refractivity contribution in [3.05, 3.63) is 89.5 Å². The van der Waals surface area contributed by atoms with Crippen molar-refractivity contribution in [2.75, 3.05) is 11.9 Å². The summed E-state index contributed by atoms with van der Waals surface area (Å²) in [7, 11) is 0. The van der Waals surface area contributed by atoms with E-state index in [4.69, 9.17) is 10.8 Å². The lowest BCUT2D eigenvalue weighted by Gasteiger charge is -2.19. The molecule has 3 aromatic rings. The predicted molar refractivity (Wildman–Crippen MR) is 131 cm³/mol. The number of aliphatic hydroxyl groups excluding tert-OH is 2. The van der Waals surface area contributed by atoms with Gasteiger partial charge in [-0.15, -0.1) is 0 Å². The fraction of sp³-hybridized carbons (Fsp3) is 0.192. The van der Waals surface area contributed by atoms with Crippen LogP contribution in [0.2, 0.25) is 0 Å². The standard InChI is InChI=1S/C26H25N5O5/c27-25(35)24(22(33)16-32)31-26(36)19-7-3-17(4-8-19)1-2-18-5-9-20(10-6-18)30-23(34)12-11-21-15-28-13-14-29-21/h3-10,13-15,24-25,32,35H,11-12,16,27H2,(H,30,34)(H,31,36)/t24-,25+/m1/s1. The molecule has 36 heavy (non-hydrogen) atoms. The number of nitrogens with two attached hydrogens (primary N) is 1. The second kappa shape index (κ2) is 12.9. The summed E-state index contributed by atoms with van der Waals surface area (Å²) in [6.45, 7) is -0.856. The number of hydrogen-bond donors (Lipinski definition) is 5. The number of hydrogen-bond acceptors (Lipinski definition) is 8. The molecule has 10 heteroatoms. The molecule has 0 saturated heterocycles. The van der Waals surface area contributed by atoms with E-state index >= 15 is 0 Å². The van der Waals surface area contributed by atoms with Gasteiger partial charge in [0.25, 0.3) is 5.91 Å². The average Bonchev–Trinajstić information content (AvgIpc) is 2.90. The summed E-state index contributed by atoms with van der Waals surface area (Å²) < 4.78 is 0. The lowest BCUT2D eigenvalue weighted by atomic mass is 10.1. The van der Waals surface area contributed by atoms with Gasteiger partial charge < -0.3 is 26.6 Å². The van der Waals surface area contributed by atoms with Crippen molar-refractivity contribution in [2.45, 2.75) is 25.1 Å². The Bertz CT molecular complexity index is 1250. The molecule has 3 rings (SSSR count). The van der Waals surface area contributed by atoms with Gasteiger partial charge in [0.1, 0.15) is 18.9 Å². The van der Waals surface area contributed by atoms with Gasteiger partial charge in [0.15, 0.2) is 5.78 Å². The molecule has 0 bridgehead atoms. The summed E-state index contributed by atoms with van der Waals surface area (Å²) in [5.74, 6) is 4.44. The highest BCUT2D eigenvalue weighted by atomic mass is 16.3. The maximum absolute atomic E-state index is 12.3. The molecule has 0 aliphatic carbocycles. The van der Waals surface area contributed by atoms with E-state index in [1.54, 1.807) is 55.0 Å². The Balaban J connectivity index is 1.54. The van der Waals surface area contributed by atoms with E-state index in [1.165, 1.54) is 12.1 Å². The summed E-state index contributed by atoms with van der Waals surface area (Å²) >= 11 is 0. The van der Waals surface area contributed by atoms with Crippen LogP contribution >= 0.6 is 0 Å². The zero-order valence-electron chi connectivity index (χ0n) is 19.2. The van der Waals surface area contributed by atoms with E-state index in [0.717, 1.165) is 11.3 Å². The molecule has 2 atom stereocenters. The van der Waals surface area contributed by atoms with Crippen molar-refractivity contribution in [1.29, 1.82) is 0 Å². The number of carbonyl (C=O) groups is 3. The van der Waals surface area contributed by atoms with Crippen LogP contribution in [0.25, 0.3) is 0 Å². The molecule has 2 aromatic carbocycles. The molecule has 0 spiro atoms. The minimum atomic E-state index is -1.64. The van der Waals surface area contributed by atoms with Crippen LogP contribution in [-0.4, -0.2) is 56.7 Å². The molecule has 0 aliphatic heterocycles. The molecule has 6 N–H and O–H groups in total. The number of Topliss-reactive ketones (excluding diaryl/α,β-unsaturated/α-hetero) is 1. The van der Waals surface area contributed by atoms with Crippen LogP contribution in [0.3, 0.4) is 0 Å². The molecule has 0 saturated carbocycles. The third-order valence-electron chi connectivity index (χ3n) is 5.02. The number of aromatic nitrogens is 2. The summed E-state index contributed by atoms with van der Waals surface area (Å²) in [5.41, 5.74) is 8.31. The Labute approximate surface area is 207 Å². The normalized spacial score (nSPS) is 12.0. The molecule has 0 unspecified atom stereocenters. The van der Waals surface area contributed by atoms with E-state index in [2.05, 4.69) is 32.4 Å². The first-order chi connectivity index (χ1) is 17.4. The van der Waals surface area contributed by atoms with Crippen LogP contribution in [0.1, 0.15) is 33.6 Å². The van der Waals surface area contributed by atoms with Crippen LogP contribution in [0.15, 0.2) is 67.1 Å². The van der Waals surface area contributed by atoms with Crippen molar-refractivity contribution in [2.24, 2.45) is 5.73 Å². The molecule has 184 valence electrons. The third-order valence-corrected chi connectivity index (χ3v) is 5.02. The van der Waals surface area contributed by atoms with Gasteiger partial charge >= 0.3 is 0 Å². The second-order valence-electron chi connectivity index (χ2n) is 7.72. The Morgan fingerprint density at radius 1 is 0.972 bits per heavy atom. The molecule has 10 nitrogen and oxygen atoms in total. The highest BCUT2D eigenvalue weighted by molar-refractivity contribution is 5.98. The molecule has 0 aliphatic rings. The van der Waals surface area contributed by atoms with Gasteiger partial charge in [-0.3, -0.25) is 24.4 Å². The van der Waals surface area contributed by atoms with Crippen molar-refractivity contribution in [3.63, 3.8) is 0 Å². The minimum absolute atomic E-state index is 0.128. The SMILES string of the molecule is N[C@@H](O)[C@H](NC(=O)c1ccc(C#Cc2ccc(NC(=O)CCc3cnccn3)cc2)cc1)C(=O)CO. The van der Waals surface area contributed by atoms with Gasteiger partial charge in [-0.2, -0.15) is 0 Å². The van der Waals surface area contributed by atoms with Gasteiger partial charge in [0, 0.05) is 47.4 Å². The molecule has 2 amide bonds. The Morgan fingerprint density at radius 3 is 2.17 bits per heavy atom. The van der Waals surface area contributed by atoms with E-state index in [-0.39, 0.29) is 11.5 Å².